The molecule has 0 N–H and O–H groups in total. The molecule has 0 spiro atoms. The quantitative estimate of drug-likeness (QED) is 0.205. The molecule has 0 amide bonds. The molecule has 0 fully saturated rings. The van der Waals surface area contributed by atoms with Gasteiger partial charge in [-0.05, 0) is 75.1 Å². The summed E-state index contributed by atoms with van der Waals surface area (Å²) >= 11 is 1.86. The molecule has 0 aliphatic rings. The molecule has 198 valence electrons. The Balaban J connectivity index is 1.29. The highest BCUT2D eigenvalue weighted by atomic mass is 32.1. The molecule has 8 aromatic rings. The first-order chi connectivity index (χ1) is 20.8. The van der Waals surface area contributed by atoms with E-state index in [-0.39, 0.29) is 0 Å². The molecule has 1 nitrogen and oxygen atoms in total. The first-order valence-corrected chi connectivity index (χ1v) is 15.1. The summed E-state index contributed by atoms with van der Waals surface area (Å²) in [6, 6.07) is 59.2. The van der Waals surface area contributed by atoms with Crippen LogP contribution in [0.2, 0.25) is 0 Å². The zero-order chi connectivity index (χ0) is 27.9. The lowest BCUT2D eigenvalue weighted by Gasteiger charge is -2.28. The van der Waals surface area contributed by atoms with E-state index in [9.17, 15) is 0 Å². The number of hydrogen-bond acceptors (Lipinski definition) is 2. The summed E-state index contributed by atoms with van der Waals surface area (Å²) in [4.78, 5) is 4.96. The van der Waals surface area contributed by atoms with E-state index in [0.717, 1.165) is 5.69 Å². The van der Waals surface area contributed by atoms with Crippen molar-refractivity contribution < 1.29 is 0 Å². The highest BCUT2D eigenvalue weighted by molar-refractivity contribution is 7.18. The van der Waals surface area contributed by atoms with Crippen molar-refractivity contribution in [1.82, 2.24) is 0 Å². The lowest BCUT2D eigenvalue weighted by molar-refractivity contribution is 1.31. The summed E-state index contributed by atoms with van der Waals surface area (Å²) in [6.07, 6.45) is 0. The normalized spacial score (nSPS) is 11.3. The van der Waals surface area contributed by atoms with Gasteiger partial charge >= 0.3 is 0 Å². The zero-order valence-corrected chi connectivity index (χ0v) is 23.8. The predicted octanol–water partition coefficient (Wildman–Crippen LogP) is 12.0. The Hall–Kier alpha value is -5.18. The van der Waals surface area contributed by atoms with Crippen molar-refractivity contribution in [2.24, 2.45) is 0 Å². The molecular formula is C40H27NS. The summed E-state index contributed by atoms with van der Waals surface area (Å²) in [6.45, 7) is 0. The first kappa shape index (κ1) is 24.6. The molecule has 2 heteroatoms. The van der Waals surface area contributed by atoms with E-state index in [2.05, 4.69) is 169 Å². The van der Waals surface area contributed by atoms with Gasteiger partial charge < -0.3 is 4.90 Å². The number of fused-ring (bicyclic) bond motifs is 3. The molecule has 1 heterocycles. The van der Waals surface area contributed by atoms with E-state index in [0.29, 0.717) is 0 Å². The van der Waals surface area contributed by atoms with Crippen LogP contribution in [-0.4, -0.2) is 0 Å². The second-order valence-corrected chi connectivity index (χ2v) is 11.7. The van der Waals surface area contributed by atoms with Gasteiger partial charge in [0.2, 0.25) is 0 Å². The summed E-state index contributed by atoms with van der Waals surface area (Å²) < 4.78 is 0. The molecule has 8 rings (SSSR count). The molecule has 0 saturated carbocycles. The Morgan fingerprint density at radius 1 is 0.381 bits per heavy atom. The van der Waals surface area contributed by atoms with Gasteiger partial charge in [0.15, 0.2) is 0 Å². The summed E-state index contributed by atoms with van der Waals surface area (Å²) in [5, 5.41) is 7.49. The molecular weight excluding hydrogens is 527 g/mol. The van der Waals surface area contributed by atoms with Gasteiger partial charge in [0, 0.05) is 26.2 Å². The second-order valence-electron chi connectivity index (χ2n) is 10.6. The maximum absolute atomic E-state index is 2.41. The van der Waals surface area contributed by atoms with Crippen LogP contribution in [0.4, 0.5) is 17.1 Å². The van der Waals surface area contributed by atoms with Crippen LogP contribution in [0.25, 0.3) is 53.2 Å². The van der Waals surface area contributed by atoms with Gasteiger partial charge in [-0.15, -0.1) is 11.3 Å². The van der Waals surface area contributed by atoms with E-state index in [1.165, 1.54) is 64.6 Å². The summed E-state index contributed by atoms with van der Waals surface area (Å²) in [7, 11) is 0. The first-order valence-electron chi connectivity index (χ1n) is 14.3. The van der Waals surface area contributed by atoms with Gasteiger partial charge in [-0.3, -0.25) is 0 Å². The molecule has 0 saturated heterocycles. The van der Waals surface area contributed by atoms with Crippen LogP contribution in [0.5, 0.6) is 0 Å². The van der Waals surface area contributed by atoms with Gasteiger partial charge in [0.25, 0.3) is 0 Å². The monoisotopic (exact) mass is 553 g/mol. The molecule has 0 aliphatic heterocycles. The average molecular weight is 554 g/mol. The minimum absolute atomic E-state index is 1.14. The van der Waals surface area contributed by atoms with Gasteiger partial charge in [0.05, 0.1) is 11.4 Å². The van der Waals surface area contributed by atoms with Crippen LogP contribution < -0.4 is 4.90 Å². The van der Waals surface area contributed by atoms with Gasteiger partial charge in [0.1, 0.15) is 0 Å². The van der Waals surface area contributed by atoms with Crippen molar-refractivity contribution in [3.8, 4) is 20.9 Å². The van der Waals surface area contributed by atoms with Crippen molar-refractivity contribution in [3.63, 3.8) is 0 Å². The second kappa shape index (κ2) is 10.3. The average Bonchev–Trinajstić information content (AvgIpc) is 3.55. The highest BCUT2D eigenvalue weighted by Gasteiger charge is 2.18. The third-order valence-corrected chi connectivity index (χ3v) is 9.23. The maximum Gasteiger partial charge on any atom is 0.0540 e. The third-order valence-electron chi connectivity index (χ3n) is 8.07. The van der Waals surface area contributed by atoms with Crippen molar-refractivity contribution in [1.29, 1.82) is 0 Å². The van der Waals surface area contributed by atoms with Crippen molar-refractivity contribution in [3.05, 3.63) is 164 Å². The number of para-hydroxylation sites is 1. The van der Waals surface area contributed by atoms with E-state index >= 15 is 0 Å². The Labute approximate surface area is 249 Å². The van der Waals surface area contributed by atoms with Crippen LogP contribution in [0.15, 0.2) is 164 Å². The Morgan fingerprint density at radius 3 is 1.88 bits per heavy atom. The Kier molecular flexibility index (Phi) is 6.05. The highest BCUT2D eigenvalue weighted by Crippen LogP contribution is 2.44. The number of rotatable bonds is 5. The zero-order valence-electron chi connectivity index (χ0n) is 22.9. The molecule has 0 unspecified atom stereocenters. The van der Waals surface area contributed by atoms with Crippen LogP contribution >= 0.6 is 11.3 Å². The SMILES string of the molecule is c1ccc(N(c2cccc3ccccc23)c2cccc3c(-c4ccc(-c5ccc6ccccc6c5)s4)cccc23)cc1. The summed E-state index contributed by atoms with van der Waals surface area (Å²) in [5.74, 6) is 0. The number of nitrogens with zero attached hydrogens (tertiary/aromatic N) is 1. The fourth-order valence-electron chi connectivity index (χ4n) is 6.07. The predicted molar refractivity (Wildman–Crippen MR) is 182 cm³/mol. The lowest BCUT2D eigenvalue weighted by Crippen LogP contribution is -2.11. The van der Waals surface area contributed by atoms with Crippen molar-refractivity contribution >= 4 is 60.7 Å². The largest absolute Gasteiger partial charge is 0.309 e. The number of hydrogen-bond donors (Lipinski definition) is 0. The van der Waals surface area contributed by atoms with E-state index in [4.69, 9.17) is 0 Å². The fraction of sp³-hybridized carbons (Fsp3) is 0. The third kappa shape index (κ3) is 4.25. The lowest BCUT2D eigenvalue weighted by atomic mass is 10.00. The molecule has 7 aromatic carbocycles. The standard InChI is InChI=1S/C40H27NS/c1-2-15-32(16-3-1)41(37-21-8-14-29-12-6-7-17-33(29)37)38-22-10-18-34-35(38)19-9-20-36(34)40-26-25-39(42-40)31-24-23-28-11-4-5-13-30(28)27-31/h1-27H. The van der Waals surface area contributed by atoms with Crippen LogP contribution in [-0.2, 0) is 0 Å². The molecule has 1 aromatic heterocycles. The fourth-order valence-corrected chi connectivity index (χ4v) is 7.11. The van der Waals surface area contributed by atoms with Crippen molar-refractivity contribution in [2.45, 2.75) is 0 Å². The van der Waals surface area contributed by atoms with E-state index < -0.39 is 0 Å². The molecule has 42 heavy (non-hydrogen) atoms. The smallest absolute Gasteiger partial charge is 0.0540 e. The van der Waals surface area contributed by atoms with Crippen molar-refractivity contribution in [2.75, 3.05) is 4.90 Å². The molecule has 0 bridgehead atoms. The van der Waals surface area contributed by atoms with Gasteiger partial charge in [-0.25, -0.2) is 0 Å². The van der Waals surface area contributed by atoms with Crippen LogP contribution in [0.3, 0.4) is 0 Å². The number of anilines is 3. The molecule has 0 radical (unpaired) electrons. The van der Waals surface area contributed by atoms with E-state index in [1.807, 2.05) is 11.3 Å². The van der Waals surface area contributed by atoms with E-state index in [1.54, 1.807) is 0 Å². The Bertz CT molecular complexity index is 2200. The number of benzene rings is 7. The van der Waals surface area contributed by atoms with Crippen LogP contribution in [0, 0.1) is 0 Å². The van der Waals surface area contributed by atoms with Crippen LogP contribution in [0.1, 0.15) is 0 Å². The summed E-state index contributed by atoms with van der Waals surface area (Å²) in [5.41, 5.74) is 6.01. The molecule has 0 atom stereocenters. The minimum Gasteiger partial charge on any atom is -0.309 e. The molecule has 0 aliphatic carbocycles. The maximum atomic E-state index is 2.41. The topological polar surface area (TPSA) is 3.24 Å². The Morgan fingerprint density at radius 2 is 1.00 bits per heavy atom. The van der Waals surface area contributed by atoms with Gasteiger partial charge in [-0.1, -0.05) is 121 Å². The number of thiophene rings is 1. The minimum atomic E-state index is 1.14. The van der Waals surface area contributed by atoms with Gasteiger partial charge in [-0.2, -0.15) is 0 Å².